The van der Waals surface area contributed by atoms with E-state index in [1.807, 2.05) is 25.3 Å². The Morgan fingerprint density at radius 3 is 3.07 bits per heavy atom. The van der Waals surface area contributed by atoms with Gasteiger partial charge >= 0.3 is 0 Å². The predicted molar refractivity (Wildman–Crippen MR) is 56.2 cm³/mol. The molecule has 2 N–H and O–H groups in total. The zero-order valence-corrected chi connectivity index (χ0v) is 8.75. The summed E-state index contributed by atoms with van der Waals surface area (Å²) < 4.78 is 5.24. The van der Waals surface area contributed by atoms with Crippen molar-refractivity contribution >= 4 is 11.3 Å². The van der Waals surface area contributed by atoms with Crippen LogP contribution in [-0.4, -0.2) is 4.98 Å². The van der Waals surface area contributed by atoms with Gasteiger partial charge in [-0.2, -0.15) is 0 Å². The Labute approximate surface area is 86.6 Å². The van der Waals surface area contributed by atoms with E-state index in [0.717, 1.165) is 22.1 Å². The zero-order chi connectivity index (χ0) is 9.97. The quantitative estimate of drug-likeness (QED) is 0.842. The molecule has 0 spiro atoms. The Kier molecular flexibility index (Phi) is 2.65. The van der Waals surface area contributed by atoms with E-state index in [-0.39, 0.29) is 6.04 Å². The number of rotatable bonds is 3. The fourth-order valence-electron chi connectivity index (χ4n) is 1.30. The van der Waals surface area contributed by atoms with E-state index >= 15 is 0 Å². The molecule has 0 aromatic carbocycles. The van der Waals surface area contributed by atoms with Crippen molar-refractivity contribution in [1.29, 1.82) is 0 Å². The number of aryl methyl sites for hydroxylation is 1. The highest BCUT2D eigenvalue weighted by atomic mass is 32.1. The van der Waals surface area contributed by atoms with Crippen molar-refractivity contribution in [2.75, 3.05) is 0 Å². The van der Waals surface area contributed by atoms with Crippen LogP contribution in [0.1, 0.15) is 21.7 Å². The third-order valence-corrected chi connectivity index (χ3v) is 3.05. The molecule has 0 bridgehead atoms. The number of hydrogen-bond acceptors (Lipinski definition) is 4. The molecule has 0 saturated heterocycles. The lowest BCUT2D eigenvalue weighted by Crippen LogP contribution is -2.11. The van der Waals surface area contributed by atoms with Gasteiger partial charge in [-0.05, 0) is 19.1 Å². The smallest absolute Gasteiger partial charge is 0.105 e. The number of nitrogens with zero attached hydrogens (tertiary/aromatic N) is 1. The van der Waals surface area contributed by atoms with Crippen molar-refractivity contribution in [1.82, 2.24) is 4.98 Å². The van der Waals surface area contributed by atoms with Crippen molar-refractivity contribution in [3.8, 4) is 0 Å². The lowest BCUT2D eigenvalue weighted by atomic mass is 10.1. The average Bonchev–Trinajstić information content (AvgIpc) is 2.75. The number of aromatic nitrogens is 1. The predicted octanol–water partition coefficient (Wildman–Crippen LogP) is 2.29. The molecule has 74 valence electrons. The summed E-state index contributed by atoms with van der Waals surface area (Å²) in [5.74, 6) is 0.920. The zero-order valence-electron chi connectivity index (χ0n) is 7.93. The topological polar surface area (TPSA) is 52.0 Å². The number of nitrogens with two attached hydrogens (primary N) is 1. The molecule has 2 heterocycles. The first-order chi connectivity index (χ1) is 6.75. The summed E-state index contributed by atoms with van der Waals surface area (Å²) in [6.07, 6.45) is 4.24. The molecule has 0 radical (unpaired) electrons. The minimum atomic E-state index is -0.00708. The summed E-state index contributed by atoms with van der Waals surface area (Å²) in [7, 11) is 0. The summed E-state index contributed by atoms with van der Waals surface area (Å²) in [6.45, 7) is 1.98. The minimum Gasteiger partial charge on any atom is -0.469 e. The molecule has 4 heteroatoms. The highest BCUT2D eigenvalue weighted by Crippen LogP contribution is 2.21. The number of hydrogen-bond donors (Lipinski definition) is 1. The van der Waals surface area contributed by atoms with E-state index in [1.54, 1.807) is 17.6 Å². The molecule has 14 heavy (non-hydrogen) atoms. The van der Waals surface area contributed by atoms with E-state index in [1.165, 1.54) is 0 Å². The first-order valence-corrected chi connectivity index (χ1v) is 5.27. The highest BCUT2D eigenvalue weighted by Gasteiger charge is 2.11. The van der Waals surface area contributed by atoms with Gasteiger partial charge in [0.1, 0.15) is 5.76 Å². The fourth-order valence-corrected chi connectivity index (χ4v) is 2.08. The normalized spacial score (nSPS) is 13.0. The molecule has 0 amide bonds. The van der Waals surface area contributed by atoms with Crippen LogP contribution < -0.4 is 5.73 Å². The van der Waals surface area contributed by atoms with Crippen molar-refractivity contribution in [2.24, 2.45) is 5.73 Å². The van der Waals surface area contributed by atoms with Crippen LogP contribution in [0, 0.1) is 6.92 Å². The van der Waals surface area contributed by atoms with Gasteiger partial charge in [-0.25, -0.2) is 4.98 Å². The van der Waals surface area contributed by atoms with Crippen LogP contribution in [0.2, 0.25) is 0 Å². The minimum absolute atomic E-state index is 0.00708. The second-order valence-electron chi connectivity index (χ2n) is 3.17. The van der Waals surface area contributed by atoms with E-state index < -0.39 is 0 Å². The Morgan fingerprint density at radius 2 is 2.50 bits per heavy atom. The van der Waals surface area contributed by atoms with Gasteiger partial charge in [0.25, 0.3) is 0 Å². The Balaban J connectivity index is 2.06. The van der Waals surface area contributed by atoms with Crippen LogP contribution >= 0.6 is 11.3 Å². The van der Waals surface area contributed by atoms with Crippen LogP contribution in [0.15, 0.2) is 29.0 Å². The number of thiazole rings is 1. The lowest BCUT2D eigenvalue weighted by Gasteiger charge is -2.05. The summed E-state index contributed by atoms with van der Waals surface area (Å²) >= 11 is 1.64. The number of furan rings is 1. The molecule has 3 nitrogen and oxygen atoms in total. The van der Waals surface area contributed by atoms with Crippen LogP contribution in [0.5, 0.6) is 0 Å². The van der Waals surface area contributed by atoms with Crippen LogP contribution in [-0.2, 0) is 6.42 Å². The van der Waals surface area contributed by atoms with Gasteiger partial charge in [-0.1, -0.05) is 0 Å². The van der Waals surface area contributed by atoms with Gasteiger partial charge in [0.2, 0.25) is 0 Å². The van der Waals surface area contributed by atoms with E-state index in [0.29, 0.717) is 0 Å². The summed E-state index contributed by atoms with van der Waals surface area (Å²) in [5, 5.41) is 1.05. The molecule has 2 aromatic rings. The van der Waals surface area contributed by atoms with Gasteiger partial charge in [-0.3, -0.25) is 0 Å². The molecule has 1 atom stereocenters. The van der Waals surface area contributed by atoms with Crippen molar-refractivity contribution < 1.29 is 4.42 Å². The second kappa shape index (κ2) is 3.94. The van der Waals surface area contributed by atoms with Gasteiger partial charge in [0, 0.05) is 23.5 Å². The van der Waals surface area contributed by atoms with Crippen LogP contribution in [0.4, 0.5) is 0 Å². The van der Waals surface area contributed by atoms with E-state index in [4.69, 9.17) is 10.2 Å². The molecule has 2 aromatic heterocycles. The lowest BCUT2D eigenvalue weighted by molar-refractivity contribution is 0.490. The average molecular weight is 208 g/mol. The Bertz CT molecular complexity index is 394. The Hall–Kier alpha value is -1.13. The first kappa shape index (κ1) is 9.43. The third-order valence-electron chi connectivity index (χ3n) is 2.01. The van der Waals surface area contributed by atoms with Gasteiger partial charge in [0.05, 0.1) is 11.3 Å². The third kappa shape index (κ3) is 2.02. The summed E-state index contributed by atoms with van der Waals surface area (Å²) in [4.78, 5) is 5.28. The molecule has 0 aliphatic carbocycles. The molecule has 2 rings (SSSR count). The maximum absolute atomic E-state index is 6.01. The monoisotopic (exact) mass is 208 g/mol. The molecule has 1 unspecified atom stereocenters. The molecule has 0 aliphatic rings. The van der Waals surface area contributed by atoms with Crippen LogP contribution in [0.25, 0.3) is 0 Å². The van der Waals surface area contributed by atoms with E-state index in [2.05, 4.69) is 4.98 Å². The molecular weight excluding hydrogens is 196 g/mol. The summed E-state index contributed by atoms with van der Waals surface area (Å²) in [5.41, 5.74) is 6.01. The van der Waals surface area contributed by atoms with Crippen molar-refractivity contribution in [3.63, 3.8) is 0 Å². The van der Waals surface area contributed by atoms with E-state index in [9.17, 15) is 0 Å². The molecule has 0 fully saturated rings. The van der Waals surface area contributed by atoms with Gasteiger partial charge in [-0.15, -0.1) is 11.3 Å². The fraction of sp³-hybridized carbons (Fsp3) is 0.300. The highest BCUT2D eigenvalue weighted by molar-refractivity contribution is 7.11. The van der Waals surface area contributed by atoms with Crippen LogP contribution in [0.3, 0.4) is 0 Å². The largest absolute Gasteiger partial charge is 0.469 e. The van der Waals surface area contributed by atoms with Crippen molar-refractivity contribution in [3.05, 3.63) is 40.2 Å². The van der Waals surface area contributed by atoms with Gasteiger partial charge in [0.15, 0.2) is 0 Å². The molecule has 0 aliphatic heterocycles. The Morgan fingerprint density at radius 1 is 1.64 bits per heavy atom. The first-order valence-electron chi connectivity index (χ1n) is 4.46. The standard InChI is InChI=1S/C10H12N2OS/c1-7-12-6-10(14-7)9(11)5-8-3-2-4-13-8/h2-4,6,9H,5,11H2,1H3. The van der Waals surface area contributed by atoms with Crippen molar-refractivity contribution in [2.45, 2.75) is 19.4 Å². The SMILES string of the molecule is Cc1ncc(C(N)Cc2ccco2)s1. The van der Waals surface area contributed by atoms with Gasteiger partial charge < -0.3 is 10.2 Å². The second-order valence-corrected chi connectivity index (χ2v) is 4.44. The molecule has 0 saturated carbocycles. The maximum Gasteiger partial charge on any atom is 0.105 e. The maximum atomic E-state index is 6.01. The summed E-state index contributed by atoms with van der Waals surface area (Å²) in [6, 6.07) is 3.81. The molecular formula is C10H12N2OS.